The van der Waals surface area contributed by atoms with Gasteiger partial charge in [0.2, 0.25) is 5.79 Å². The van der Waals surface area contributed by atoms with Crippen molar-refractivity contribution in [3.63, 3.8) is 0 Å². The number of nitrogens with two attached hydrogens (primary N) is 2. The summed E-state index contributed by atoms with van der Waals surface area (Å²) in [5.74, 6) is 0.370. The molecule has 1 atom stereocenters. The highest BCUT2D eigenvalue weighted by molar-refractivity contribution is 5.98. The molecule has 0 aromatic carbocycles. The summed E-state index contributed by atoms with van der Waals surface area (Å²) < 4.78 is 1.74. The maximum absolute atomic E-state index is 6.00. The highest BCUT2D eigenvalue weighted by atomic mass is 15.5. The van der Waals surface area contributed by atoms with Crippen LogP contribution >= 0.6 is 0 Å². The molecule has 0 bridgehead atoms. The average molecular weight is 234 g/mol. The molecule has 5 N–H and O–H groups in total. The number of hydrogen-bond acceptors (Lipinski definition) is 5. The zero-order chi connectivity index (χ0) is 12.5. The van der Waals surface area contributed by atoms with Gasteiger partial charge in [-0.2, -0.15) is 5.10 Å². The minimum absolute atomic E-state index is 0.487. The molecule has 6 nitrogen and oxygen atoms in total. The van der Waals surface area contributed by atoms with Gasteiger partial charge in [-0.3, -0.25) is 0 Å². The minimum atomic E-state index is -0.698. The molecule has 0 saturated heterocycles. The maximum Gasteiger partial charge on any atom is 0.229 e. The zero-order valence-electron chi connectivity index (χ0n) is 10.1. The number of hydrogen-bond donors (Lipinski definition) is 3. The van der Waals surface area contributed by atoms with Crippen molar-refractivity contribution in [1.29, 1.82) is 0 Å². The Labute approximate surface area is 100 Å². The second kappa shape index (κ2) is 4.12. The summed E-state index contributed by atoms with van der Waals surface area (Å²) in [4.78, 5) is 4.52. The van der Waals surface area contributed by atoms with Gasteiger partial charge in [0, 0.05) is 24.4 Å². The topological polar surface area (TPSA) is 94.2 Å². The van der Waals surface area contributed by atoms with E-state index >= 15 is 0 Å². The number of rotatable bonds is 3. The average Bonchev–Trinajstić information content (AvgIpc) is 2.82. The van der Waals surface area contributed by atoms with Crippen LogP contribution in [0.1, 0.15) is 26.7 Å². The standard InChI is InChI=1S/C11H18N6/c1-3-8-9(12)15-11(4-2,16-10(8)13)17-7-5-6-14-17/h5-7,15H,3-4,12H2,1-2H3,(H2,13,16). The van der Waals surface area contributed by atoms with Crippen LogP contribution in [0.5, 0.6) is 0 Å². The third-order valence-electron chi connectivity index (χ3n) is 3.00. The van der Waals surface area contributed by atoms with Gasteiger partial charge in [0.15, 0.2) is 0 Å². The van der Waals surface area contributed by atoms with E-state index in [1.165, 1.54) is 0 Å². The zero-order valence-corrected chi connectivity index (χ0v) is 10.1. The Balaban J connectivity index is 2.45. The summed E-state index contributed by atoms with van der Waals surface area (Å²) in [6, 6.07) is 1.85. The summed E-state index contributed by atoms with van der Waals surface area (Å²) in [6.07, 6.45) is 5.01. The predicted molar refractivity (Wildman–Crippen MR) is 66.8 cm³/mol. The van der Waals surface area contributed by atoms with E-state index in [2.05, 4.69) is 15.4 Å². The number of aromatic nitrogens is 2. The smallest absolute Gasteiger partial charge is 0.229 e. The molecule has 6 heteroatoms. The number of aliphatic imine (C=N–C) groups is 1. The fraction of sp³-hybridized carbons (Fsp3) is 0.455. The van der Waals surface area contributed by atoms with Crippen LogP contribution in [-0.2, 0) is 5.79 Å². The first-order chi connectivity index (χ1) is 8.13. The van der Waals surface area contributed by atoms with Gasteiger partial charge in [0.1, 0.15) is 11.7 Å². The van der Waals surface area contributed by atoms with Crippen LogP contribution in [0.25, 0.3) is 0 Å². The molecule has 0 spiro atoms. The number of amidine groups is 1. The molecule has 0 aliphatic carbocycles. The van der Waals surface area contributed by atoms with E-state index in [1.54, 1.807) is 10.9 Å². The molecular weight excluding hydrogens is 216 g/mol. The highest BCUT2D eigenvalue weighted by Gasteiger charge is 2.34. The predicted octanol–water partition coefficient (Wildman–Crippen LogP) is 0.444. The van der Waals surface area contributed by atoms with Gasteiger partial charge in [0.25, 0.3) is 0 Å². The third kappa shape index (κ3) is 1.75. The van der Waals surface area contributed by atoms with Crippen LogP contribution in [0, 0.1) is 0 Å². The van der Waals surface area contributed by atoms with Crippen molar-refractivity contribution in [2.24, 2.45) is 16.5 Å². The van der Waals surface area contributed by atoms with Gasteiger partial charge in [-0.05, 0) is 12.5 Å². The lowest BCUT2D eigenvalue weighted by Crippen LogP contribution is -2.52. The Morgan fingerprint density at radius 1 is 1.41 bits per heavy atom. The molecular formula is C11H18N6. The van der Waals surface area contributed by atoms with Crippen LogP contribution in [0.4, 0.5) is 0 Å². The van der Waals surface area contributed by atoms with Gasteiger partial charge >= 0.3 is 0 Å². The molecule has 0 saturated carbocycles. The molecule has 0 radical (unpaired) electrons. The molecule has 2 heterocycles. The van der Waals surface area contributed by atoms with Gasteiger partial charge < -0.3 is 16.8 Å². The quantitative estimate of drug-likeness (QED) is 0.707. The van der Waals surface area contributed by atoms with Gasteiger partial charge in [-0.1, -0.05) is 13.8 Å². The van der Waals surface area contributed by atoms with E-state index in [0.29, 0.717) is 18.1 Å². The van der Waals surface area contributed by atoms with Gasteiger partial charge in [0.05, 0.1) is 0 Å². The van der Waals surface area contributed by atoms with E-state index < -0.39 is 5.79 Å². The lowest BCUT2D eigenvalue weighted by Gasteiger charge is -2.35. The summed E-state index contributed by atoms with van der Waals surface area (Å²) in [7, 11) is 0. The van der Waals surface area contributed by atoms with Gasteiger partial charge in [-0.15, -0.1) is 0 Å². The summed E-state index contributed by atoms with van der Waals surface area (Å²) in [6.45, 7) is 4.01. The van der Waals surface area contributed by atoms with Crippen molar-refractivity contribution in [2.75, 3.05) is 0 Å². The van der Waals surface area contributed by atoms with Crippen molar-refractivity contribution >= 4 is 5.84 Å². The van der Waals surface area contributed by atoms with Crippen molar-refractivity contribution < 1.29 is 0 Å². The molecule has 92 valence electrons. The van der Waals surface area contributed by atoms with E-state index in [4.69, 9.17) is 11.5 Å². The lowest BCUT2D eigenvalue weighted by molar-refractivity contribution is 0.208. The van der Waals surface area contributed by atoms with Crippen LogP contribution < -0.4 is 16.8 Å². The largest absolute Gasteiger partial charge is 0.385 e. The Morgan fingerprint density at radius 3 is 2.65 bits per heavy atom. The lowest BCUT2D eigenvalue weighted by atomic mass is 10.1. The summed E-state index contributed by atoms with van der Waals surface area (Å²) >= 11 is 0. The molecule has 1 unspecified atom stereocenters. The maximum atomic E-state index is 6.00. The molecule has 2 rings (SSSR count). The Bertz CT molecular complexity index is 458. The fourth-order valence-corrected chi connectivity index (χ4v) is 2.02. The minimum Gasteiger partial charge on any atom is -0.385 e. The highest BCUT2D eigenvalue weighted by Crippen LogP contribution is 2.25. The Morgan fingerprint density at radius 2 is 2.18 bits per heavy atom. The second-order valence-corrected chi connectivity index (χ2v) is 3.99. The van der Waals surface area contributed by atoms with Crippen LogP contribution in [0.15, 0.2) is 34.8 Å². The van der Waals surface area contributed by atoms with Crippen molar-refractivity contribution in [3.8, 4) is 0 Å². The normalized spacial score (nSPS) is 24.5. The monoisotopic (exact) mass is 234 g/mol. The third-order valence-corrected chi connectivity index (χ3v) is 3.00. The molecule has 1 aromatic heterocycles. The van der Waals surface area contributed by atoms with E-state index in [9.17, 15) is 0 Å². The summed E-state index contributed by atoms with van der Waals surface area (Å²) in [5.41, 5.74) is 12.8. The number of nitrogens with zero attached hydrogens (tertiary/aromatic N) is 3. The molecule has 1 aliphatic heterocycles. The Hall–Kier alpha value is -1.98. The van der Waals surface area contributed by atoms with Gasteiger partial charge in [-0.25, -0.2) is 9.67 Å². The van der Waals surface area contributed by atoms with Crippen LogP contribution in [-0.4, -0.2) is 15.6 Å². The first kappa shape index (κ1) is 11.5. The molecule has 1 aromatic rings. The first-order valence-electron chi connectivity index (χ1n) is 5.75. The van der Waals surface area contributed by atoms with Crippen molar-refractivity contribution in [1.82, 2.24) is 15.1 Å². The van der Waals surface area contributed by atoms with Crippen LogP contribution in [0.3, 0.4) is 0 Å². The fourth-order valence-electron chi connectivity index (χ4n) is 2.02. The van der Waals surface area contributed by atoms with Crippen LogP contribution in [0.2, 0.25) is 0 Å². The number of nitrogens with one attached hydrogen (secondary N) is 1. The van der Waals surface area contributed by atoms with E-state index in [-0.39, 0.29) is 0 Å². The van der Waals surface area contributed by atoms with E-state index in [0.717, 1.165) is 12.0 Å². The molecule has 0 fully saturated rings. The molecule has 17 heavy (non-hydrogen) atoms. The van der Waals surface area contributed by atoms with Crippen molar-refractivity contribution in [3.05, 3.63) is 29.9 Å². The Kier molecular flexibility index (Phi) is 2.79. The first-order valence-corrected chi connectivity index (χ1v) is 5.75. The summed E-state index contributed by atoms with van der Waals surface area (Å²) in [5, 5.41) is 7.42. The second-order valence-electron chi connectivity index (χ2n) is 3.99. The molecule has 0 amide bonds. The van der Waals surface area contributed by atoms with E-state index in [1.807, 2.05) is 26.1 Å². The van der Waals surface area contributed by atoms with Crippen molar-refractivity contribution in [2.45, 2.75) is 32.5 Å². The SMILES string of the molecule is CCC1=C(N)NC(CC)(n2cccn2)N=C1N. The molecule has 1 aliphatic rings.